The van der Waals surface area contributed by atoms with Crippen LogP contribution in [-0.4, -0.2) is 27.2 Å². The maximum atomic E-state index is 6.36. The van der Waals surface area contributed by atoms with Crippen molar-refractivity contribution in [2.45, 2.75) is 0 Å². The SMILES string of the molecule is c1ccc([Si](c2ccc(-n3c4ccccc4c4c5c(ccc43)oc3ccccc35)cc2)(c2cccnc2)c2cccc(-n3c4ccccc4c4ccccc43)c2)nc1. The van der Waals surface area contributed by atoms with Gasteiger partial charge >= 0.3 is 0 Å². The minimum Gasteiger partial charge on any atom is -0.456 e. The topological polar surface area (TPSA) is 48.8 Å². The minimum atomic E-state index is -3.06. The number of nitrogens with zero attached hydrogens (tertiary/aromatic N) is 4. The Kier molecular flexibility index (Phi) is 7.18. The summed E-state index contributed by atoms with van der Waals surface area (Å²) in [6.45, 7) is 0. The molecule has 58 heavy (non-hydrogen) atoms. The van der Waals surface area contributed by atoms with Crippen LogP contribution >= 0.6 is 0 Å². The summed E-state index contributed by atoms with van der Waals surface area (Å²) < 4.78 is 11.2. The normalized spacial score (nSPS) is 13.0. The van der Waals surface area contributed by atoms with Crippen molar-refractivity contribution >= 4 is 94.5 Å². The lowest BCUT2D eigenvalue weighted by Crippen LogP contribution is -2.75. The number of furan rings is 1. The average Bonchev–Trinajstić information content (AvgIpc) is 3.96. The first-order valence-electron chi connectivity index (χ1n) is 19.6. The van der Waals surface area contributed by atoms with Gasteiger partial charge in [-0.3, -0.25) is 9.97 Å². The summed E-state index contributed by atoms with van der Waals surface area (Å²) in [6.07, 6.45) is 5.84. The monoisotopic (exact) mass is 758 g/mol. The molecule has 5 nitrogen and oxygen atoms in total. The summed E-state index contributed by atoms with van der Waals surface area (Å²) in [5.41, 5.74) is 8.68. The van der Waals surface area contributed by atoms with Crippen LogP contribution in [0.5, 0.6) is 0 Å². The van der Waals surface area contributed by atoms with Gasteiger partial charge in [0.1, 0.15) is 11.2 Å². The summed E-state index contributed by atoms with van der Waals surface area (Å²) >= 11 is 0. The Morgan fingerprint density at radius 2 is 1.05 bits per heavy atom. The predicted octanol–water partition coefficient (Wildman–Crippen LogP) is 9.95. The summed E-state index contributed by atoms with van der Waals surface area (Å²) in [7, 11) is -3.06. The van der Waals surface area contributed by atoms with Crippen molar-refractivity contribution in [1.29, 1.82) is 0 Å². The molecule has 0 N–H and O–H groups in total. The maximum absolute atomic E-state index is 6.36. The Labute approximate surface area is 334 Å². The fourth-order valence-corrected chi connectivity index (χ4v) is 14.1. The zero-order valence-corrected chi connectivity index (χ0v) is 32.3. The highest BCUT2D eigenvalue weighted by atomic mass is 28.3. The van der Waals surface area contributed by atoms with Crippen molar-refractivity contribution < 1.29 is 4.42 Å². The Bertz CT molecular complexity index is 3420. The highest BCUT2D eigenvalue weighted by molar-refractivity contribution is 7.19. The van der Waals surface area contributed by atoms with Gasteiger partial charge in [-0.25, -0.2) is 0 Å². The fraction of sp³-hybridized carbons (Fsp3) is 0. The van der Waals surface area contributed by atoms with Gasteiger partial charge in [0, 0.05) is 67.6 Å². The van der Waals surface area contributed by atoms with Crippen LogP contribution in [0.25, 0.3) is 76.9 Å². The van der Waals surface area contributed by atoms with E-state index in [9.17, 15) is 0 Å². The molecule has 0 radical (unpaired) electrons. The zero-order valence-electron chi connectivity index (χ0n) is 31.3. The van der Waals surface area contributed by atoms with E-state index < -0.39 is 8.07 Å². The van der Waals surface area contributed by atoms with Crippen LogP contribution in [0, 0.1) is 0 Å². The molecule has 0 saturated heterocycles. The molecule has 0 saturated carbocycles. The third-order valence-corrected chi connectivity index (χ3v) is 16.6. The average molecular weight is 759 g/mol. The maximum Gasteiger partial charge on any atom is 0.203 e. The first-order chi connectivity index (χ1) is 28.8. The van der Waals surface area contributed by atoms with E-state index in [2.05, 4.69) is 191 Å². The zero-order chi connectivity index (χ0) is 38.2. The molecule has 272 valence electrons. The van der Waals surface area contributed by atoms with E-state index in [1.807, 2.05) is 24.5 Å². The van der Waals surface area contributed by atoms with Gasteiger partial charge < -0.3 is 13.6 Å². The van der Waals surface area contributed by atoms with Crippen LogP contribution in [0.15, 0.2) is 211 Å². The lowest BCUT2D eigenvalue weighted by atomic mass is 10.1. The van der Waals surface area contributed by atoms with Gasteiger partial charge in [-0.1, -0.05) is 109 Å². The molecule has 5 heterocycles. The van der Waals surface area contributed by atoms with Crippen LogP contribution < -0.4 is 20.9 Å². The Morgan fingerprint density at radius 1 is 0.397 bits per heavy atom. The van der Waals surface area contributed by atoms with Crippen LogP contribution in [0.3, 0.4) is 0 Å². The molecular weight excluding hydrogens is 725 g/mol. The van der Waals surface area contributed by atoms with E-state index in [0.29, 0.717) is 0 Å². The lowest BCUT2D eigenvalue weighted by molar-refractivity contribution is 0.669. The summed E-state index contributed by atoms with van der Waals surface area (Å²) in [4.78, 5) is 9.93. The molecule has 0 amide bonds. The van der Waals surface area contributed by atoms with Gasteiger partial charge in [0.05, 0.1) is 22.1 Å². The molecule has 0 spiro atoms. The van der Waals surface area contributed by atoms with E-state index >= 15 is 0 Å². The Morgan fingerprint density at radius 3 is 1.78 bits per heavy atom. The number of para-hydroxylation sites is 4. The third kappa shape index (κ3) is 4.63. The molecule has 7 aromatic carbocycles. The molecule has 1 atom stereocenters. The molecule has 12 aromatic rings. The number of benzene rings is 7. The molecular formula is C52H34N4OSi. The number of hydrogen-bond donors (Lipinski definition) is 0. The second-order valence-electron chi connectivity index (χ2n) is 15.0. The summed E-state index contributed by atoms with van der Waals surface area (Å²) in [5.74, 6) is 0. The van der Waals surface area contributed by atoms with Crippen molar-refractivity contribution in [2.24, 2.45) is 0 Å². The molecule has 0 aliphatic rings. The summed E-state index contributed by atoms with van der Waals surface area (Å²) in [5, 5.41) is 11.9. The van der Waals surface area contributed by atoms with Gasteiger partial charge in [-0.2, -0.15) is 0 Å². The van der Waals surface area contributed by atoms with E-state index in [0.717, 1.165) is 49.7 Å². The Hall–Kier alpha value is -7.54. The number of aromatic nitrogens is 4. The van der Waals surface area contributed by atoms with Gasteiger partial charge in [-0.05, 0) is 94.4 Å². The number of hydrogen-bond acceptors (Lipinski definition) is 3. The molecule has 1 unspecified atom stereocenters. The van der Waals surface area contributed by atoms with Crippen molar-refractivity contribution in [1.82, 2.24) is 19.1 Å². The predicted molar refractivity (Wildman–Crippen MR) is 242 cm³/mol. The first kappa shape index (κ1) is 32.7. The quantitative estimate of drug-likeness (QED) is 0.159. The van der Waals surface area contributed by atoms with E-state index in [1.165, 1.54) is 48.1 Å². The highest BCUT2D eigenvalue weighted by Crippen LogP contribution is 2.41. The lowest BCUT2D eigenvalue weighted by Gasteiger charge is -2.33. The molecule has 0 bridgehead atoms. The largest absolute Gasteiger partial charge is 0.456 e. The number of pyridine rings is 2. The van der Waals surface area contributed by atoms with Crippen molar-refractivity contribution in [3.05, 3.63) is 207 Å². The van der Waals surface area contributed by atoms with Gasteiger partial charge in [0.15, 0.2) is 0 Å². The second-order valence-corrected chi connectivity index (χ2v) is 18.7. The molecule has 0 aliphatic carbocycles. The standard InChI is InChI=1S/C52H34N4OSi/c1-5-20-44-40(16-1)41-17-2-6-21-45(41)56(44)36-13-11-14-38(33-36)58(39-15-12-31-53-34-39,50-24-9-10-32-54-50)37-27-25-35(26-28-37)55-46-22-7-3-18-42(46)51-47(55)29-30-49-52(51)43-19-4-8-23-48(43)57-49/h1-34H. The summed E-state index contributed by atoms with van der Waals surface area (Å²) in [6, 6.07) is 67.8. The van der Waals surface area contributed by atoms with Crippen molar-refractivity contribution in [2.75, 3.05) is 0 Å². The third-order valence-electron chi connectivity index (χ3n) is 12.0. The van der Waals surface area contributed by atoms with Crippen molar-refractivity contribution in [3.63, 3.8) is 0 Å². The minimum absolute atomic E-state index is 0.901. The molecule has 6 heteroatoms. The molecule has 12 rings (SSSR count). The van der Waals surface area contributed by atoms with Gasteiger partial charge in [0.2, 0.25) is 8.07 Å². The van der Waals surface area contributed by atoms with E-state index in [1.54, 1.807) is 0 Å². The van der Waals surface area contributed by atoms with Crippen LogP contribution in [0.4, 0.5) is 0 Å². The van der Waals surface area contributed by atoms with Crippen LogP contribution in [0.2, 0.25) is 0 Å². The van der Waals surface area contributed by atoms with Gasteiger partial charge in [-0.15, -0.1) is 0 Å². The first-order valence-corrected chi connectivity index (χ1v) is 21.6. The van der Waals surface area contributed by atoms with Crippen LogP contribution in [-0.2, 0) is 0 Å². The molecule has 0 aliphatic heterocycles. The smallest absolute Gasteiger partial charge is 0.203 e. The molecule has 5 aromatic heterocycles. The fourth-order valence-electron chi connectivity index (χ4n) is 9.60. The second kappa shape index (κ2) is 12.7. The van der Waals surface area contributed by atoms with Gasteiger partial charge in [0.25, 0.3) is 0 Å². The van der Waals surface area contributed by atoms with E-state index in [-0.39, 0.29) is 0 Å². The number of rotatable bonds is 6. The van der Waals surface area contributed by atoms with Crippen LogP contribution in [0.1, 0.15) is 0 Å². The molecule has 0 fully saturated rings. The van der Waals surface area contributed by atoms with Crippen molar-refractivity contribution in [3.8, 4) is 11.4 Å². The number of fused-ring (bicyclic) bond motifs is 10. The Balaban J connectivity index is 1.11. The van der Waals surface area contributed by atoms with E-state index in [4.69, 9.17) is 14.4 Å². The highest BCUT2D eigenvalue weighted by Gasteiger charge is 2.43.